The zero-order chi connectivity index (χ0) is 26.0. The zero-order valence-corrected chi connectivity index (χ0v) is 22.7. The van der Waals surface area contributed by atoms with Gasteiger partial charge in [-0.25, -0.2) is 0 Å². The molecule has 0 saturated carbocycles. The zero-order valence-electron chi connectivity index (χ0n) is 22.7. The van der Waals surface area contributed by atoms with Gasteiger partial charge in [-0.1, -0.05) is 75.8 Å². The van der Waals surface area contributed by atoms with E-state index >= 15 is 0 Å². The molecule has 0 heterocycles. The molecule has 0 fully saturated rings. The van der Waals surface area contributed by atoms with Gasteiger partial charge in [0.2, 0.25) is 5.78 Å². The van der Waals surface area contributed by atoms with Crippen molar-refractivity contribution >= 4 is 11.4 Å². The Labute approximate surface area is 215 Å². The Morgan fingerprint density at radius 1 is 0.833 bits per heavy atom. The fraction of sp³-hybridized carbons (Fsp3) is 0.324. The summed E-state index contributed by atoms with van der Waals surface area (Å²) in [5.41, 5.74) is 13.2. The quantitative estimate of drug-likeness (QED) is 0.450. The summed E-state index contributed by atoms with van der Waals surface area (Å²) >= 11 is 0. The highest BCUT2D eigenvalue weighted by Gasteiger charge is 2.42. The van der Waals surface area contributed by atoms with Crippen LogP contribution in [0.3, 0.4) is 0 Å². The molecule has 0 aromatic carbocycles. The molecular weight excluding hydrogens is 440 g/mol. The predicted octanol–water partition coefficient (Wildman–Crippen LogP) is 8.72. The van der Waals surface area contributed by atoms with Gasteiger partial charge in [0.05, 0.1) is 11.1 Å². The first kappa shape index (κ1) is 24.3. The van der Waals surface area contributed by atoms with Crippen LogP contribution in [0.5, 0.6) is 0 Å². The monoisotopic (exact) mass is 476 g/mol. The molecule has 0 saturated heterocycles. The predicted molar refractivity (Wildman–Crippen MR) is 150 cm³/mol. The smallest absolute Gasteiger partial charge is 0.201 e. The summed E-state index contributed by atoms with van der Waals surface area (Å²) in [4.78, 5) is 13.8. The third kappa shape index (κ3) is 3.58. The fourth-order valence-electron chi connectivity index (χ4n) is 5.91. The van der Waals surface area contributed by atoms with Gasteiger partial charge in [0.1, 0.15) is 5.76 Å². The highest BCUT2D eigenvalue weighted by atomic mass is 16.3. The molecule has 5 aliphatic carbocycles. The summed E-state index contributed by atoms with van der Waals surface area (Å²) in [6.07, 6.45) is 8.77. The van der Waals surface area contributed by atoms with Crippen molar-refractivity contribution in [2.24, 2.45) is 11.8 Å². The third-order valence-corrected chi connectivity index (χ3v) is 8.13. The van der Waals surface area contributed by atoms with Crippen LogP contribution in [0.1, 0.15) is 69.7 Å². The number of aryl methyl sites for hydroxylation is 2. The number of fused-ring (bicyclic) bond motifs is 2. The van der Waals surface area contributed by atoms with Gasteiger partial charge >= 0.3 is 0 Å². The summed E-state index contributed by atoms with van der Waals surface area (Å²) < 4.78 is 0. The molecule has 0 aromatic rings. The first-order chi connectivity index (χ1) is 17.0. The van der Waals surface area contributed by atoms with Gasteiger partial charge in [-0.2, -0.15) is 0 Å². The van der Waals surface area contributed by atoms with Crippen molar-refractivity contribution in [3.05, 3.63) is 110 Å². The molecule has 1 unspecified atom stereocenters. The van der Waals surface area contributed by atoms with Crippen LogP contribution in [0.15, 0.2) is 87.8 Å². The number of carbonyl (C=O) groups is 1. The molecule has 0 radical (unpaired) electrons. The van der Waals surface area contributed by atoms with E-state index in [0.29, 0.717) is 23.0 Å². The maximum Gasteiger partial charge on any atom is 0.201 e. The number of aliphatic hydroxyl groups excluding tert-OH is 1. The van der Waals surface area contributed by atoms with Crippen LogP contribution in [0, 0.1) is 25.7 Å². The van der Waals surface area contributed by atoms with E-state index in [2.05, 4.69) is 104 Å². The number of rotatable bonds is 3. The Balaban J connectivity index is 1.67. The minimum atomic E-state index is -0.0596. The Morgan fingerprint density at radius 2 is 1.56 bits per heavy atom. The molecule has 5 rings (SSSR count). The average molecular weight is 477 g/mol. The Bertz CT molecular complexity index is 1480. The van der Waals surface area contributed by atoms with E-state index in [1.165, 1.54) is 16.7 Å². The van der Waals surface area contributed by atoms with Crippen molar-refractivity contribution in [1.29, 1.82) is 0 Å². The standard InChI is InChI=1S/C34H36O2/c1-17(2)23-11-9-19(5)29-25(15-23)21(7)13-27(29)31-33(35)32(34(31)36)28-14-22(8)26-16-24(18(3)4)12-10-20(6)30(26)28/h9-18,25,35H,1-8H3/b31-27+. The summed E-state index contributed by atoms with van der Waals surface area (Å²) in [6.45, 7) is 17.2. The van der Waals surface area contributed by atoms with Gasteiger partial charge in [-0.05, 0) is 101 Å². The van der Waals surface area contributed by atoms with E-state index in [1.807, 2.05) is 0 Å². The Morgan fingerprint density at radius 3 is 2.19 bits per heavy atom. The van der Waals surface area contributed by atoms with Crippen LogP contribution in [0.25, 0.3) is 16.7 Å². The number of aliphatic hydroxyl groups is 1. The van der Waals surface area contributed by atoms with Crippen LogP contribution < -0.4 is 0 Å². The lowest BCUT2D eigenvalue weighted by atomic mass is 9.77. The molecule has 0 spiro atoms. The van der Waals surface area contributed by atoms with E-state index < -0.39 is 0 Å². The van der Waals surface area contributed by atoms with E-state index in [4.69, 9.17) is 0 Å². The van der Waals surface area contributed by atoms with E-state index in [1.54, 1.807) is 0 Å². The van der Waals surface area contributed by atoms with Crippen molar-refractivity contribution in [1.82, 2.24) is 0 Å². The molecule has 0 amide bonds. The second-order valence-electron chi connectivity index (χ2n) is 11.3. The van der Waals surface area contributed by atoms with Crippen molar-refractivity contribution in [3.8, 4) is 11.1 Å². The summed E-state index contributed by atoms with van der Waals surface area (Å²) in [6, 6.07) is 8.62. The van der Waals surface area contributed by atoms with Crippen LogP contribution in [-0.4, -0.2) is 10.9 Å². The molecule has 0 aromatic heterocycles. The minimum absolute atomic E-state index is 0.0596. The molecular formula is C34H36O2. The van der Waals surface area contributed by atoms with Gasteiger partial charge in [0.25, 0.3) is 0 Å². The molecule has 0 aliphatic heterocycles. The molecule has 36 heavy (non-hydrogen) atoms. The van der Waals surface area contributed by atoms with E-state index in [-0.39, 0.29) is 17.5 Å². The van der Waals surface area contributed by atoms with Gasteiger partial charge < -0.3 is 5.11 Å². The third-order valence-electron chi connectivity index (χ3n) is 8.13. The second-order valence-corrected chi connectivity index (χ2v) is 11.3. The topological polar surface area (TPSA) is 37.3 Å². The van der Waals surface area contributed by atoms with Gasteiger partial charge in [-0.15, -0.1) is 0 Å². The maximum absolute atomic E-state index is 13.8. The molecule has 0 bridgehead atoms. The minimum Gasteiger partial charge on any atom is -0.506 e. The molecule has 2 nitrogen and oxygen atoms in total. The number of allylic oxidation sites excluding steroid dienone is 11. The number of hydrogen-bond acceptors (Lipinski definition) is 2. The van der Waals surface area contributed by atoms with Gasteiger partial charge in [0, 0.05) is 5.92 Å². The van der Waals surface area contributed by atoms with Gasteiger partial charge in [0.15, 0.2) is 0 Å². The van der Waals surface area contributed by atoms with E-state index in [0.717, 1.165) is 44.5 Å². The SMILES string of the molecule is CC1=C/C(=C2\C(=O)C(c3cc(C)c4cc(C(C)C)ccc(C)c3-4)=C2O)C2=C(C)C=CC(C(C)C)=CC12. The van der Waals surface area contributed by atoms with Crippen molar-refractivity contribution in [3.63, 3.8) is 0 Å². The first-order valence-electron chi connectivity index (χ1n) is 13.1. The highest BCUT2D eigenvalue weighted by molar-refractivity contribution is 6.40. The van der Waals surface area contributed by atoms with Crippen LogP contribution >= 0.6 is 0 Å². The van der Waals surface area contributed by atoms with Crippen LogP contribution in [0.2, 0.25) is 0 Å². The van der Waals surface area contributed by atoms with Crippen LogP contribution in [-0.2, 0) is 4.79 Å². The molecule has 1 N–H and O–H groups in total. The summed E-state index contributed by atoms with van der Waals surface area (Å²) in [5.74, 6) is 1.05. The van der Waals surface area contributed by atoms with Crippen molar-refractivity contribution < 1.29 is 9.90 Å². The first-order valence-corrected chi connectivity index (χ1v) is 13.1. The maximum atomic E-state index is 13.8. The van der Waals surface area contributed by atoms with Crippen LogP contribution in [0.4, 0.5) is 0 Å². The number of carbonyl (C=O) groups excluding carboxylic acids is 1. The lowest BCUT2D eigenvalue weighted by molar-refractivity contribution is -0.111. The fourth-order valence-corrected chi connectivity index (χ4v) is 5.91. The molecule has 5 aliphatic rings. The molecule has 2 heteroatoms. The number of hydrogen-bond donors (Lipinski definition) is 1. The summed E-state index contributed by atoms with van der Waals surface area (Å²) in [5, 5.41) is 11.4. The summed E-state index contributed by atoms with van der Waals surface area (Å²) in [7, 11) is 0. The van der Waals surface area contributed by atoms with E-state index in [9.17, 15) is 9.90 Å². The molecule has 184 valence electrons. The lowest BCUT2D eigenvalue weighted by Crippen LogP contribution is -2.23. The lowest BCUT2D eigenvalue weighted by Gasteiger charge is -2.25. The molecule has 1 atom stereocenters. The second kappa shape index (κ2) is 8.62. The largest absolute Gasteiger partial charge is 0.506 e. The average Bonchev–Trinajstić information content (AvgIpc) is 3.11. The number of Topliss-reactive ketones (excluding diaryl/α,β-unsaturated/α-hetero) is 1. The van der Waals surface area contributed by atoms with Crippen molar-refractivity contribution in [2.75, 3.05) is 0 Å². The van der Waals surface area contributed by atoms with Gasteiger partial charge in [-0.3, -0.25) is 4.79 Å². The normalized spacial score (nSPS) is 21.9. The number of ketones is 1. The van der Waals surface area contributed by atoms with Crippen molar-refractivity contribution in [2.45, 2.75) is 61.3 Å². The Hall–Kier alpha value is -3.39. The highest BCUT2D eigenvalue weighted by Crippen LogP contribution is 2.50. The Kier molecular flexibility index (Phi) is 5.82.